The van der Waals surface area contributed by atoms with Gasteiger partial charge < -0.3 is 5.11 Å². The normalized spacial score (nSPS) is 50.6. The van der Waals surface area contributed by atoms with Gasteiger partial charge in [0.2, 0.25) is 0 Å². The fourth-order valence-corrected chi connectivity index (χ4v) is 6.98. The van der Waals surface area contributed by atoms with Crippen LogP contribution in [0.2, 0.25) is 0 Å². The maximum atomic E-state index is 15.1. The van der Waals surface area contributed by atoms with E-state index in [2.05, 4.69) is 0 Å². The predicted octanol–water partition coefficient (Wildman–Crippen LogP) is 2.97. The number of hydrogen-bond donors (Lipinski definition) is 1. The second-order valence-electron chi connectivity index (χ2n) is 9.45. The van der Waals surface area contributed by atoms with Crippen molar-refractivity contribution >= 4 is 17.3 Å². The van der Waals surface area contributed by atoms with Crippen molar-refractivity contribution in [3.8, 4) is 0 Å². The molecule has 1 N–H and O–H groups in total. The van der Waals surface area contributed by atoms with Crippen molar-refractivity contribution in [1.29, 1.82) is 0 Å². The van der Waals surface area contributed by atoms with Crippen LogP contribution in [0.15, 0.2) is 11.6 Å². The van der Waals surface area contributed by atoms with E-state index in [-0.39, 0.29) is 47.9 Å². The second-order valence-corrected chi connectivity index (χ2v) is 9.45. The average Bonchev–Trinajstić information content (AvgIpc) is 2.81. The Morgan fingerprint density at radius 1 is 1.27 bits per heavy atom. The molecule has 0 aromatic carbocycles. The highest BCUT2D eigenvalue weighted by Gasteiger charge is 2.68. The van der Waals surface area contributed by atoms with Gasteiger partial charge in [-0.15, -0.1) is 0 Å². The first-order chi connectivity index (χ1) is 12.0. The Hall–Kier alpha value is -1.36. The summed E-state index contributed by atoms with van der Waals surface area (Å²) < 4.78 is 15.1. The topological polar surface area (TPSA) is 71.4 Å². The van der Waals surface area contributed by atoms with Gasteiger partial charge in [0, 0.05) is 29.6 Å². The zero-order valence-corrected chi connectivity index (χ0v) is 15.7. The molecule has 0 amide bonds. The van der Waals surface area contributed by atoms with Crippen LogP contribution in [0.5, 0.6) is 0 Å². The molecular weight excluding hydrogens is 335 g/mol. The molecule has 0 radical (unpaired) electrons. The van der Waals surface area contributed by atoms with Crippen LogP contribution in [0.3, 0.4) is 0 Å². The van der Waals surface area contributed by atoms with Crippen LogP contribution in [0.1, 0.15) is 59.3 Å². The van der Waals surface area contributed by atoms with Crippen molar-refractivity contribution in [3.05, 3.63) is 11.6 Å². The summed E-state index contributed by atoms with van der Waals surface area (Å²) >= 11 is 0. The van der Waals surface area contributed by atoms with Crippen LogP contribution < -0.4 is 0 Å². The van der Waals surface area contributed by atoms with E-state index in [1.54, 1.807) is 0 Å². The molecule has 26 heavy (non-hydrogen) atoms. The predicted molar refractivity (Wildman–Crippen MR) is 93.0 cm³/mol. The van der Waals surface area contributed by atoms with E-state index in [9.17, 15) is 19.5 Å². The number of aliphatic hydroxyl groups is 1. The summed E-state index contributed by atoms with van der Waals surface area (Å²) in [4.78, 5) is 37.3. The van der Waals surface area contributed by atoms with Crippen LogP contribution in [0.4, 0.5) is 4.39 Å². The first-order valence-electron chi connectivity index (χ1n) is 9.70. The Balaban J connectivity index is 1.80. The number of rotatable bonds is 1. The summed E-state index contributed by atoms with van der Waals surface area (Å²) in [5.74, 6) is -0.880. The summed E-state index contributed by atoms with van der Waals surface area (Å²) in [6.45, 7) is 5.16. The number of carbonyl (C=O) groups excluding carboxylic acids is 3. The van der Waals surface area contributed by atoms with Gasteiger partial charge in [0.15, 0.2) is 11.6 Å². The third-order valence-electron chi connectivity index (χ3n) is 8.37. The van der Waals surface area contributed by atoms with Crippen LogP contribution >= 0.6 is 0 Å². The van der Waals surface area contributed by atoms with Crippen LogP contribution in [0.25, 0.3) is 0 Å². The first-order valence-corrected chi connectivity index (χ1v) is 9.70. The Kier molecular flexibility index (Phi) is 3.70. The average molecular weight is 362 g/mol. The molecular formula is C21H27FO4. The number of carbonyl (C=O) groups is 3. The van der Waals surface area contributed by atoms with Gasteiger partial charge in [-0.1, -0.05) is 13.8 Å². The van der Waals surface area contributed by atoms with Gasteiger partial charge in [-0.25, -0.2) is 4.39 Å². The maximum absolute atomic E-state index is 15.1. The van der Waals surface area contributed by atoms with Gasteiger partial charge in [0.1, 0.15) is 17.6 Å². The molecule has 0 aliphatic heterocycles. The van der Waals surface area contributed by atoms with Crippen LogP contribution in [0, 0.1) is 28.6 Å². The van der Waals surface area contributed by atoms with Crippen molar-refractivity contribution in [2.24, 2.45) is 28.6 Å². The third kappa shape index (κ3) is 2.01. The smallest absolute Gasteiger partial charge is 0.161 e. The highest BCUT2D eigenvalue weighted by Crippen LogP contribution is 2.66. The zero-order chi connectivity index (χ0) is 19.1. The monoisotopic (exact) mass is 362 g/mol. The summed E-state index contributed by atoms with van der Waals surface area (Å²) in [7, 11) is 0. The summed E-state index contributed by atoms with van der Waals surface area (Å²) in [5, 5.41) is 11.1. The number of ketones is 3. The van der Waals surface area contributed by atoms with Gasteiger partial charge in [-0.05, 0) is 56.1 Å². The Morgan fingerprint density at radius 3 is 2.62 bits per heavy atom. The zero-order valence-electron chi connectivity index (χ0n) is 15.7. The Morgan fingerprint density at radius 2 is 1.96 bits per heavy atom. The Labute approximate surface area is 153 Å². The number of Topliss-reactive ketones (excluding diaryl/α,β-unsaturated/α-hetero) is 2. The van der Waals surface area contributed by atoms with Gasteiger partial charge in [-0.3, -0.25) is 14.4 Å². The van der Waals surface area contributed by atoms with Crippen LogP contribution in [-0.4, -0.2) is 34.2 Å². The largest absolute Gasteiger partial charge is 0.381 e. The number of allylic oxidation sites excluding steroid dienone is 1. The van der Waals surface area contributed by atoms with Crippen LogP contribution in [-0.2, 0) is 14.4 Å². The third-order valence-corrected chi connectivity index (χ3v) is 8.37. The van der Waals surface area contributed by atoms with E-state index >= 15 is 4.39 Å². The molecule has 4 rings (SSSR count). The molecule has 0 saturated heterocycles. The minimum atomic E-state index is -1.50. The highest BCUT2D eigenvalue weighted by molar-refractivity contribution is 5.94. The van der Waals surface area contributed by atoms with Gasteiger partial charge in [-0.2, -0.15) is 0 Å². The van der Waals surface area contributed by atoms with Crippen molar-refractivity contribution < 1.29 is 23.9 Å². The van der Waals surface area contributed by atoms with Crippen molar-refractivity contribution in [2.45, 2.75) is 71.1 Å². The lowest BCUT2D eigenvalue weighted by molar-refractivity contribution is -0.169. The van der Waals surface area contributed by atoms with Gasteiger partial charge in [0.25, 0.3) is 0 Å². The first kappa shape index (κ1) is 18.0. The highest BCUT2D eigenvalue weighted by atomic mass is 19.1. The minimum Gasteiger partial charge on any atom is -0.381 e. The molecule has 4 nitrogen and oxygen atoms in total. The molecule has 142 valence electrons. The second kappa shape index (κ2) is 5.34. The number of fused-ring (bicyclic) bond motifs is 5. The Bertz CT molecular complexity index is 742. The van der Waals surface area contributed by atoms with Crippen molar-refractivity contribution in [1.82, 2.24) is 0 Å². The van der Waals surface area contributed by atoms with E-state index < -0.39 is 22.6 Å². The van der Waals surface area contributed by atoms with Crippen molar-refractivity contribution in [2.75, 3.05) is 0 Å². The molecule has 0 bridgehead atoms. The maximum Gasteiger partial charge on any atom is 0.161 e. The molecule has 4 aliphatic carbocycles. The van der Waals surface area contributed by atoms with E-state index in [4.69, 9.17) is 0 Å². The number of alkyl halides is 1. The lowest BCUT2D eigenvalue weighted by Crippen LogP contribution is -2.61. The number of hydrogen-bond acceptors (Lipinski definition) is 4. The minimum absolute atomic E-state index is 0.0185. The van der Waals surface area contributed by atoms with E-state index in [1.165, 1.54) is 13.0 Å². The van der Waals surface area contributed by atoms with E-state index in [0.29, 0.717) is 31.3 Å². The van der Waals surface area contributed by atoms with E-state index in [0.717, 1.165) is 0 Å². The SMILES string of the molecule is CC(=O)[C@@]1(O)CC[C@H]2[C@@H]3CC(F)C4=CC(=O)CC[C@]4(C)[C@H]3C(=O)C[C@@]21C. The molecule has 5 heteroatoms. The van der Waals surface area contributed by atoms with Gasteiger partial charge in [0.05, 0.1) is 0 Å². The summed E-state index contributed by atoms with van der Waals surface area (Å²) in [6.07, 6.45) is 2.41. The molecule has 0 spiro atoms. The fourth-order valence-electron chi connectivity index (χ4n) is 6.98. The molecule has 0 heterocycles. The molecule has 4 aliphatic rings. The molecule has 0 aromatic rings. The number of halogens is 1. The summed E-state index contributed by atoms with van der Waals surface area (Å²) in [5.41, 5.74) is -2.44. The quantitative estimate of drug-likeness (QED) is 0.778. The van der Waals surface area contributed by atoms with Crippen molar-refractivity contribution in [3.63, 3.8) is 0 Å². The summed E-state index contributed by atoms with van der Waals surface area (Å²) in [6, 6.07) is 0. The molecule has 3 fully saturated rings. The fraction of sp³-hybridized carbons (Fsp3) is 0.762. The lowest BCUT2D eigenvalue weighted by atomic mass is 9.45. The van der Waals surface area contributed by atoms with E-state index in [1.807, 2.05) is 13.8 Å². The molecule has 7 atom stereocenters. The molecule has 0 aromatic heterocycles. The standard InChI is InChI=1S/C21H27FO4/c1-11(23)21(26)7-5-14-13-9-16(22)15-8-12(24)4-6-19(15,2)18(13)17(25)10-20(14,21)3/h8,13-14,16,18,26H,4-7,9-10H2,1-3H3/t13-,14-,16?,18+,19-,20-,21-/m0/s1. The van der Waals surface area contributed by atoms with Gasteiger partial charge >= 0.3 is 0 Å². The molecule has 1 unspecified atom stereocenters. The lowest BCUT2D eigenvalue weighted by Gasteiger charge is -2.58. The molecule has 3 saturated carbocycles.